The molecule has 0 N–H and O–H groups in total. The van der Waals surface area contributed by atoms with Crippen LogP contribution in [0.25, 0.3) is 0 Å². The summed E-state index contributed by atoms with van der Waals surface area (Å²) >= 11 is 1.77. The minimum Gasteiger partial charge on any atom is -0.298 e. The van der Waals surface area contributed by atoms with Crippen molar-refractivity contribution in [3.8, 4) is 0 Å². The summed E-state index contributed by atoms with van der Waals surface area (Å²) in [6.07, 6.45) is 1.02. The van der Waals surface area contributed by atoms with Gasteiger partial charge in [-0.05, 0) is 51.6 Å². The molecule has 6 nitrogen and oxygen atoms in total. The van der Waals surface area contributed by atoms with Gasteiger partial charge in [0, 0.05) is 18.0 Å². The summed E-state index contributed by atoms with van der Waals surface area (Å²) < 4.78 is 1.84. The van der Waals surface area contributed by atoms with Crippen LogP contribution in [0.1, 0.15) is 40.8 Å². The molecule has 0 aromatic carbocycles. The third kappa shape index (κ3) is 3.40. The number of nitrogens with zero attached hydrogens (tertiary/aromatic N) is 6. The van der Waals surface area contributed by atoms with Crippen LogP contribution in [-0.4, -0.2) is 43.7 Å². The monoisotopic (exact) mass is 294 g/mol. The topological polar surface area (TPSA) is 59.7 Å². The molecule has 0 fully saturated rings. The van der Waals surface area contributed by atoms with E-state index in [4.69, 9.17) is 0 Å². The lowest BCUT2D eigenvalue weighted by Gasteiger charge is -2.23. The molecule has 0 aliphatic heterocycles. The van der Waals surface area contributed by atoms with Crippen molar-refractivity contribution in [1.82, 2.24) is 30.1 Å². The van der Waals surface area contributed by atoms with Gasteiger partial charge in [-0.3, -0.25) is 4.90 Å². The standard InChI is InChI=1S/C13H22N6S/c1-9(13-10(2)20-12(4)14-13)18(5)7-6-8-19-11(3)15-16-17-19/h9H,6-8H2,1-5H3/t9-/m1/s1. The Morgan fingerprint density at radius 2 is 2.05 bits per heavy atom. The van der Waals surface area contributed by atoms with Gasteiger partial charge in [-0.2, -0.15) is 0 Å². The SMILES string of the molecule is Cc1nc([C@@H](C)N(C)CCCn2nnnc2C)c(C)s1. The fraction of sp³-hybridized carbons (Fsp3) is 0.692. The van der Waals surface area contributed by atoms with Gasteiger partial charge in [0.2, 0.25) is 0 Å². The molecule has 0 amide bonds. The molecule has 0 bridgehead atoms. The Kier molecular flexibility index (Phi) is 4.82. The van der Waals surface area contributed by atoms with Crippen molar-refractivity contribution < 1.29 is 0 Å². The van der Waals surface area contributed by atoms with Crippen molar-refractivity contribution in [3.63, 3.8) is 0 Å². The van der Waals surface area contributed by atoms with E-state index in [1.807, 2.05) is 11.6 Å². The largest absolute Gasteiger partial charge is 0.298 e. The van der Waals surface area contributed by atoms with E-state index >= 15 is 0 Å². The van der Waals surface area contributed by atoms with E-state index in [2.05, 4.69) is 53.2 Å². The lowest BCUT2D eigenvalue weighted by Crippen LogP contribution is -2.25. The van der Waals surface area contributed by atoms with Gasteiger partial charge >= 0.3 is 0 Å². The first-order chi connectivity index (χ1) is 9.49. The molecule has 0 spiro atoms. The molecule has 2 aromatic heterocycles. The number of rotatable bonds is 6. The summed E-state index contributed by atoms with van der Waals surface area (Å²) in [7, 11) is 2.14. The summed E-state index contributed by atoms with van der Waals surface area (Å²) in [5.41, 5.74) is 1.20. The summed E-state index contributed by atoms with van der Waals surface area (Å²) in [5, 5.41) is 12.6. The summed E-state index contributed by atoms with van der Waals surface area (Å²) in [5.74, 6) is 0.867. The normalized spacial score (nSPS) is 13.1. The van der Waals surface area contributed by atoms with E-state index in [1.54, 1.807) is 11.3 Å². The van der Waals surface area contributed by atoms with E-state index in [1.165, 1.54) is 10.6 Å². The van der Waals surface area contributed by atoms with Gasteiger partial charge in [0.25, 0.3) is 0 Å². The van der Waals surface area contributed by atoms with Gasteiger partial charge in [-0.25, -0.2) is 9.67 Å². The molecule has 0 aliphatic carbocycles. The highest BCUT2D eigenvalue weighted by Gasteiger charge is 2.17. The Morgan fingerprint density at radius 1 is 1.30 bits per heavy atom. The van der Waals surface area contributed by atoms with Crippen LogP contribution < -0.4 is 0 Å². The lowest BCUT2D eigenvalue weighted by molar-refractivity contribution is 0.247. The maximum atomic E-state index is 4.64. The molecule has 2 heterocycles. The number of hydrogen-bond acceptors (Lipinski definition) is 6. The fourth-order valence-electron chi connectivity index (χ4n) is 2.26. The third-order valence-corrected chi connectivity index (χ3v) is 4.49. The second-order valence-corrected chi connectivity index (χ2v) is 6.54. The van der Waals surface area contributed by atoms with E-state index in [-0.39, 0.29) is 0 Å². The Hall–Kier alpha value is -1.34. The fourth-order valence-corrected chi connectivity index (χ4v) is 3.17. The Labute approximate surface area is 123 Å². The van der Waals surface area contributed by atoms with Crippen molar-refractivity contribution in [2.24, 2.45) is 0 Å². The Balaban J connectivity index is 1.87. The molecule has 0 aliphatic rings. The zero-order chi connectivity index (χ0) is 14.7. The molecule has 1 atom stereocenters. The van der Waals surface area contributed by atoms with E-state index in [0.29, 0.717) is 6.04 Å². The Morgan fingerprint density at radius 3 is 2.60 bits per heavy atom. The molecule has 2 aromatic rings. The number of hydrogen-bond donors (Lipinski definition) is 0. The van der Waals surface area contributed by atoms with Gasteiger partial charge < -0.3 is 0 Å². The van der Waals surface area contributed by atoms with Crippen LogP contribution in [0.4, 0.5) is 0 Å². The predicted molar refractivity (Wildman–Crippen MR) is 79.8 cm³/mol. The second kappa shape index (κ2) is 6.41. The number of tetrazole rings is 1. The van der Waals surface area contributed by atoms with Gasteiger partial charge in [-0.1, -0.05) is 0 Å². The maximum absolute atomic E-state index is 4.64. The van der Waals surface area contributed by atoms with Gasteiger partial charge in [0.05, 0.1) is 16.7 Å². The molecule has 0 unspecified atom stereocenters. The molecule has 7 heteroatoms. The first-order valence-corrected chi connectivity index (χ1v) is 7.67. The van der Waals surface area contributed by atoms with Gasteiger partial charge in [0.15, 0.2) is 0 Å². The summed E-state index contributed by atoms with van der Waals surface area (Å²) in [4.78, 5) is 8.29. The van der Waals surface area contributed by atoms with Gasteiger partial charge in [0.1, 0.15) is 5.82 Å². The van der Waals surface area contributed by atoms with Crippen LogP contribution in [0.3, 0.4) is 0 Å². The van der Waals surface area contributed by atoms with Crippen LogP contribution in [-0.2, 0) is 6.54 Å². The van der Waals surface area contributed by atoms with Crippen molar-refractivity contribution in [2.75, 3.05) is 13.6 Å². The third-order valence-electron chi connectivity index (χ3n) is 3.59. The zero-order valence-corrected chi connectivity index (χ0v) is 13.6. The number of thiazole rings is 1. The quantitative estimate of drug-likeness (QED) is 0.817. The molecule has 20 heavy (non-hydrogen) atoms. The summed E-state index contributed by atoms with van der Waals surface area (Å²) in [6, 6.07) is 0.343. The lowest BCUT2D eigenvalue weighted by atomic mass is 10.2. The molecular weight excluding hydrogens is 272 g/mol. The van der Waals surface area contributed by atoms with E-state index in [9.17, 15) is 0 Å². The van der Waals surface area contributed by atoms with Gasteiger partial charge in [-0.15, -0.1) is 16.4 Å². The molecule has 0 saturated carbocycles. The van der Waals surface area contributed by atoms with Crippen LogP contribution >= 0.6 is 11.3 Å². The minimum atomic E-state index is 0.343. The highest BCUT2D eigenvalue weighted by atomic mass is 32.1. The average molecular weight is 294 g/mol. The summed E-state index contributed by atoms with van der Waals surface area (Å²) in [6.45, 7) is 10.2. The second-order valence-electron chi connectivity index (χ2n) is 5.13. The van der Waals surface area contributed by atoms with Crippen molar-refractivity contribution in [1.29, 1.82) is 0 Å². The van der Waals surface area contributed by atoms with Crippen LogP contribution in [0.5, 0.6) is 0 Å². The van der Waals surface area contributed by atoms with Crippen molar-refractivity contribution in [3.05, 3.63) is 21.4 Å². The molecule has 0 saturated heterocycles. The van der Waals surface area contributed by atoms with Crippen molar-refractivity contribution >= 4 is 11.3 Å². The maximum Gasteiger partial charge on any atom is 0.148 e. The Bertz CT molecular complexity index is 561. The number of aromatic nitrogens is 5. The minimum absolute atomic E-state index is 0.343. The highest BCUT2D eigenvalue weighted by Crippen LogP contribution is 2.25. The average Bonchev–Trinajstić information content (AvgIpc) is 2.94. The van der Waals surface area contributed by atoms with E-state index in [0.717, 1.165) is 30.3 Å². The van der Waals surface area contributed by atoms with Crippen molar-refractivity contribution in [2.45, 2.75) is 46.7 Å². The van der Waals surface area contributed by atoms with Crippen LogP contribution in [0, 0.1) is 20.8 Å². The number of aryl methyl sites for hydroxylation is 4. The molecular formula is C13H22N6S. The highest BCUT2D eigenvalue weighted by molar-refractivity contribution is 7.11. The smallest absolute Gasteiger partial charge is 0.148 e. The first kappa shape index (κ1) is 15.1. The van der Waals surface area contributed by atoms with Crippen LogP contribution in [0.2, 0.25) is 0 Å². The zero-order valence-electron chi connectivity index (χ0n) is 12.8. The molecule has 110 valence electrons. The first-order valence-electron chi connectivity index (χ1n) is 6.86. The van der Waals surface area contributed by atoms with Crippen LogP contribution in [0.15, 0.2) is 0 Å². The molecule has 2 rings (SSSR count). The molecule has 0 radical (unpaired) electrons. The van der Waals surface area contributed by atoms with E-state index < -0.39 is 0 Å². The predicted octanol–water partition coefficient (Wildman–Crippen LogP) is 2.14.